The fourth-order valence-electron chi connectivity index (χ4n) is 1.19. The van der Waals surface area contributed by atoms with Gasteiger partial charge in [0.05, 0.1) is 0 Å². The third-order valence-corrected chi connectivity index (χ3v) is 1.95. The molecule has 0 saturated heterocycles. The first-order chi connectivity index (χ1) is 4.35. The summed E-state index contributed by atoms with van der Waals surface area (Å²) in [6.07, 6.45) is 5.09. The molecule has 0 radical (unpaired) electrons. The highest BCUT2D eigenvalue weighted by molar-refractivity contribution is 5.12. The van der Waals surface area contributed by atoms with Gasteiger partial charge < -0.3 is 10.2 Å². The summed E-state index contributed by atoms with van der Waals surface area (Å²) in [6, 6.07) is 0. The van der Waals surface area contributed by atoms with Crippen LogP contribution >= 0.6 is 0 Å². The molecule has 1 fully saturated rings. The number of aliphatic hydroxyl groups excluding tert-OH is 2. The topological polar surface area (TPSA) is 40.5 Å². The molecule has 0 aromatic rings. The van der Waals surface area contributed by atoms with E-state index in [1.165, 1.54) is 0 Å². The van der Waals surface area contributed by atoms with Crippen molar-refractivity contribution in [3.63, 3.8) is 0 Å². The standard InChI is InChI=1S/C7H10O2/c1-2-5-6(3-8)7(5)4-9/h1,5-9H,3-4H2. The van der Waals surface area contributed by atoms with Crippen molar-refractivity contribution in [2.75, 3.05) is 13.2 Å². The average Bonchev–Trinajstić information content (AvgIpc) is 2.59. The molecule has 0 bridgehead atoms. The van der Waals surface area contributed by atoms with Crippen LogP contribution in [0.2, 0.25) is 0 Å². The van der Waals surface area contributed by atoms with E-state index in [1.54, 1.807) is 0 Å². The van der Waals surface area contributed by atoms with Gasteiger partial charge in [0.2, 0.25) is 0 Å². The van der Waals surface area contributed by atoms with E-state index in [4.69, 9.17) is 16.6 Å². The van der Waals surface area contributed by atoms with Crippen molar-refractivity contribution in [2.24, 2.45) is 17.8 Å². The predicted molar refractivity (Wildman–Crippen MR) is 33.5 cm³/mol. The van der Waals surface area contributed by atoms with Gasteiger partial charge in [-0.05, 0) is 0 Å². The van der Waals surface area contributed by atoms with Crippen molar-refractivity contribution in [1.82, 2.24) is 0 Å². The molecule has 0 amide bonds. The summed E-state index contributed by atoms with van der Waals surface area (Å²) in [6.45, 7) is 0.222. The van der Waals surface area contributed by atoms with Crippen molar-refractivity contribution in [1.29, 1.82) is 0 Å². The molecule has 1 rings (SSSR count). The SMILES string of the molecule is C#CC1C(CO)C1CO. The van der Waals surface area contributed by atoms with Crippen LogP contribution < -0.4 is 0 Å². The molecule has 2 nitrogen and oxygen atoms in total. The highest BCUT2D eigenvalue weighted by Gasteiger charge is 2.47. The van der Waals surface area contributed by atoms with Crippen LogP contribution in [0.15, 0.2) is 0 Å². The quantitative estimate of drug-likeness (QED) is 0.488. The zero-order valence-corrected chi connectivity index (χ0v) is 5.12. The molecule has 2 atom stereocenters. The van der Waals surface area contributed by atoms with Crippen molar-refractivity contribution in [3.8, 4) is 12.3 Å². The molecule has 2 N–H and O–H groups in total. The Labute approximate surface area is 54.5 Å². The smallest absolute Gasteiger partial charge is 0.0475 e. The van der Waals surface area contributed by atoms with Crippen LogP contribution in [-0.2, 0) is 0 Å². The van der Waals surface area contributed by atoms with Gasteiger partial charge in [-0.1, -0.05) is 0 Å². The summed E-state index contributed by atoms with van der Waals surface area (Å²) in [7, 11) is 0. The molecule has 0 aromatic heterocycles. The third kappa shape index (κ3) is 0.937. The van der Waals surface area contributed by atoms with E-state index in [-0.39, 0.29) is 31.0 Å². The van der Waals surface area contributed by atoms with Crippen LogP contribution in [-0.4, -0.2) is 23.4 Å². The molecule has 1 aliphatic carbocycles. The summed E-state index contributed by atoms with van der Waals surface area (Å²) in [5, 5.41) is 17.2. The van der Waals surface area contributed by atoms with Gasteiger partial charge in [-0.3, -0.25) is 0 Å². The lowest BCUT2D eigenvalue weighted by atomic mass is 10.3. The van der Waals surface area contributed by atoms with E-state index in [0.717, 1.165) is 0 Å². The maximum absolute atomic E-state index is 8.60. The lowest BCUT2D eigenvalue weighted by molar-refractivity contribution is 0.232. The fourth-order valence-corrected chi connectivity index (χ4v) is 1.19. The maximum atomic E-state index is 8.60. The molecule has 0 heterocycles. The third-order valence-electron chi connectivity index (χ3n) is 1.95. The Morgan fingerprint density at radius 2 is 1.67 bits per heavy atom. The van der Waals surface area contributed by atoms with Gasteiger partial charge in [-0.15, -0.1) is 12.3 Å². The van der Waals surface area contributed by atoms with Gasteiger partial charge in [0.1, 0.15) is 0 Å². The van der Waals surface area contributed by atoms with Crippen LogP contribution in [0, 0.1) is 30.1 Å². The Hall–Kier alpha value is -0.520. The minimum absolute atomic E-state index is 0.111. The van der Waals surface area contributed by atoms with Crippen molar-refractivity contribution >= 4 is 0 Å². The van der Waals surface area contributed by atoms with Crippen molar-refractivity contribution in [2.45, 2.75) is 0 Å². The van der Waals surface area contributed by atoms with Gasteiger partial charge >= 0.3 is 0 Å². The molecule has 1 saturated carbocycles. The number of terminal acetylenes is 1. The lowest BCUT2D eigenvalue weighted by Crippen LogP contribution is -1.91. The first kappa shape index (κ1) is 6.60. The molecule has 0 spiro atoms. The van der Waals surface area contributed by atoms with E-state index in [1.807, 2.05) is 0 Å². The van der Waals surface area contributed by atoms with E-state index >= 15 is 0 Å². The summed E-state index contributed by atoms with van der Waals surface area (Å²) in [5.74, 6) is 2.98. The summed E-state index contributed by atoms with van der Waals surface area (Å²) in [4.78, 5) is 0. The molecule has 0 aliphatic heterocycles. The van der Waals surface area contributed by atoms with Crippen LogP contribution in [0.4, 0.5) is 0 Å². The zero-order chi connectivity index (χ0) is 6.85. The Morgan fingerprint density at radius 3 is 1.78 bits per heavy atom. The monoisotopic (exact) mass is 126 g/mol. The first-order valence-corrected chi connectivity index (χ1v) is 3.03. The molecule has 1 aliphatic rings. The summed E-state index contributed by atoms with van der Waals surface area (Å²) >= 11 is 0. The Kier molecular flexibility index (Phi) is 1.75. The second-order valence-electron chi connectivity index (χ2n) is 2.39. The number of hydrogen-bond donors (Lipinski definition) is 2. The minimum Gasteiger partial charge on any atom is -0.396 e. The molecular formula is C7H10O2. The minimum atomic E-state index is 0.111. The Bertz CT molecular complexity index is 126. The summed E-state index contributed by atoms with van der Waals surface area (Å²) in [5.41, 5.74) is 0. The largest absolute Gasteiger partial charge is 0.396 e. The van der Waals surface area contributed by atoms with Crippen molar-refractivity contribution in [3.05, 3.63) is 0 Å². The average molecular weight is 126 g/mol. The number of aliphatic hydroxyl groups is 2. The highest BCUT2D eigenvalue weighted by atomic mass is 16.3. The predicted octanol–water partition coefficient (Wildman–Crippen LogP) is -0.534. The Morgan fingerprint density at radius 1 is 1.22 bits per heavy atom. The van der Waals surface area contributed by atoms with Crippen LogP contribution in [0.3, 0.4) is 0 Å². The molecule has 50 valence electrons. The molecule has 2 heteroatoms. The van der Waals surface area contributed by atoms with Gasteiger partial charge in [0, 0.05) is 31.0 Å². The van der Waals surface area contributed by atoms with E-state index in [9.17, 15) is 0 Å². The van der Waals surface area contributed by atoms with Gasteiger partial charge in [0.25, 0.3) is 0 Å². The highest BCUT2D eigenvalue weighted by Crippen LogP contribution is 2.44. The van der Waals surface area contributed by atoms with E-state index in [2.05, 4.69) is 5.92 Å². The van der Waals surface area contributed by atoms with Gasteiger partial charge in [-0.2, -0.15) is 0 Å². The van der Waals surface area contributed by atoms with E-state index < -0.39 is 0 Å². The lowest BCUT2D eigenvalue weighted by Gasteiger charge is -1.84. The van der Waals surface area contributed by atoms with Gasteiger partial charge in [-0.25, -0.2) is 0 Å². The van der Waals surface area contributed by atoms with Crippen LogP contribution in [0.1, 0.15) is 0 Å². The van der Waals surface area contributed by atoms with Crippen LogP contribution in [0.25, 0.3) is 0 Å². The molecular weight excluding hydrogens is 116 g/mol. The zero-order valence-electron chi connectivity index (χ0n) is 5.12. The van der Waals surface area contributed by atoms with Crippen molar-refractivity contribution < 1.29 is 10.2 Å². The number of rotatable bonds is 2. The maximum Gasteiger partial charge on any atom is 0.0475 e. The normalized spacial score (nSPS) is 39.9. The second-order valence-corrected chi connectivity index (χ2v) is 2.39. The van der Waals surface area contributed by atoms with Crippen LogP contribution in [0.5, 0.6) is 0 Å². The van der Waals surface area contributed by atoms with Gasteiger partial charge in [0.15, 0.2) is 0 Å². The molecule has 0 aromatic carbocycles. The Balaban J connectivity index is 2.37. The molecule has 2 unspecified atom stereocenters. The van der Waals surface area contributed by atoms with E-state index in [0.29, 0.717) is 0 Å². The fraction of sp³-hybridized carbons (Fsp3) is 0.714. The summed E-state index contributed by atoms with van der Waals surface area (Å²) < 4.78 is 0. The molecule has 9 heavy (non-hydrogen) atoms. The first-order valence-electron chi connectivity index (χ1n) is 3.03. The second kappa shape index (κ2) is 2.38. The number of hydrogen-bond acceptors (Lipinski definition) is 2.